The maximum absolute atomic E-state index is 11.4. The zero-order valence-corrected chi connectivity index (χ0v) is 11.1. The van der Waals surface area contributed by atoms with Crippen LogP contribution < -0.4 is 5.32 Å². The summed E-state index contributed by atoms with van der Waals surface area (Å²) in [5.41, 5.74) is 0. The van der Waals surface area contributed by atoms with Crippen LogP contribution in [0, 0.1) is 5.92 Å². The monoisotopic (exact) mass is 236 g/mol. The Balaban J connectivity index is 3.63. The SMILES string of the molecule is CCCC(C)CNCCS(=O)(=O)N(C)C. The lowest BCUT2D eigenvalue weighted by molar-refractivity contribution is 0.478. The van der Waals surface area contributed by atoms with Crippen LogP contribution in [-0.4, -0.2) is 45.7 Å². The molecule has 1 N–H and O–H groups in total. The molecule has 0 aromatic heterocycles. The van der Waals surface area contributed by atoms with Gasteiger partial charge in [0.05, 0.1) is 5.75 Å². The Morgan fingerprint density at radius 3 is 2.40 bits per heavy atom. The Bertz CT molecular complexity index is 250. The second-order valence-corrected chi connectivity index (χ2v) is 6.50. The summed E-state index contributed by atoms with van der Waals surface area (Å²) in [7, 11) is 0.0915. The predicted molar refractivity (Wildman–Crippen MR) is 64.4 cm³/mol. The van der Waals surface area contributed by atoms with Crippen molar-refractivity contribution in [2.45, 2.75) is 26.7 Å². The number of rotatable bonds is 8. The molecule has 1 atom stereocenters. The second-order valence-electron chi connectivity index (χ2n) is 4.20. The van der Waals surface area contributed by atoms with Crippen molar-refractivity contribution in [3.05, 3.63) is 0 Å². The van der Waals surface area contributed by atoms with Gasteiger partial charge in [0, 0.05) is 20.6 Å². The molecule has 0 rings (SSSR count). The van der Waals surface area contributed by atoms with Crippen LogP contribution in [0.3, 0.4) is 0 Å². The summed E-state index contributed by atoms with van der Waals surface area (Å²) in [5, 5.41) is 3.18. The van der Waals surface area contributed by atoms with E-state index in [9.17, 15) is 8.42 Å². The van der Waals surface area contributed by atoms with E-state index < -0.39 is 10.0 Å². The molecular weight excluding hydrogens is 212 g/mol. The summed E-state index contributed by atoms with van der Waals surface area (Å²) in [6.45, 7) is 5.77. The van der Waals surface area contributed by atoms with E-state index in [1.165, 1.54) is 17.1 Å². The second kappa shape index (κ2) is 7.19. The van der Waals surface area contributed by atoms with Crippen molar-refractivity contribution in [2.24, 2.45) is 5.92 Å². The normalized spacial score (nSPS) is 14.5. The maximum atomic E-state index is 11.4. The van der Waals surface area contributed by atoms with Gasteiger partial charge in [-0.1, -0.05) is 20.3 Å². The molecule has 0 spiro atoms. The minimum Gasteiger partial charge on any atom is -0.315 e. The van der Waals surface area contributed by atoms with Gasteiger partial charge >= 0.3 is 0 Å². The lowest BCUT2D eigenvalue weighted by atomic mass is 10.1. The lowest BCUT2D eigenvalue weighted by Crippen LogP contribution is -2.32. The van der Waals surface area contributed by atoms with Gasteiger partial charge in [0.2, 0.25) is 10.0 Å². The van der Waals surface area contributed by atoms with E-state index in [0.717, 1.165) is 6.54 Å². The Hall–Kier alpha value is -0.130. The zero-order valence-electron chi connectivity index (χ0n) is 10.3. The van der Waals surface area contributed by atoms with Gasteiger partial charge in [0.15, 0.2) is 0 Å². The Morgan fingerprint density at radius 2 is 1.93 bits per heavy atom. The van der Waals surface area contributed by atoms with Crippen LogP contribution in [0.4, 0.5) is 0 Å². The van der Waals surface area contributed by atoms with Crippen molar-refractivity contribution in [1.29, 1.82) is 0 Å². The highest BCUT2D eigenvalue weighted by atomic mass is 32.2. The number of sulfonamides is 1. The molecule has 0 fully saturated rings. The van der Waals surface area contributed by atoms with Crippen molar-refractivity contribution in [2.75, 3.05) is 32.9 Å². The van der Waals surface area contributed by atoms with Gasteiger partial charge in [-0.05, 0) is 18.9 Å². The summed E-state index contributed by atoms with van der Waals surface area (Å²) in [6, 6.07) is 0. The third-order valence-electron chi connectivity index (χ3n) is 2.37. The van der Waals surface area contributed by atoms with E-state index in [0.29, 0.717) is 12.5 Å². The fraction of sp³-hybridized carbons (Fsp3) is 1.00. The molecule has 1 unspecified atom stereocenters. The highest BCUT2D eigenvalue weighted by molar-refractivity contribution is 7.89. The van der Waals surface area contributed by atoms with Gasteiger partial charge in [-0.3, -0.25) is 0 Å². The maximum Gasteiger partial charge on any atom is 0.214 e. The first-order chi connectivity index (χ1) is 6.90. The van der Waals surface area contributed by atoms with Crippen molar-refractivity contribution in [1.82, 2.24) is 9.62 Å². The number of nitrogens with one attached hydrogen (secondary N) is 1. The van der Waals surface area contributed by atoms with Gasteiger partial charge in [0.1, 0.15) is 0 Å². The highest BCUT2D eigenvalue weighted by Crippen LogP contribution is 2.02. The largest absolute Gasteiger partial charge is 0.315 e. The van der Waals surface area contributed by atoms with Crippen LogP contribution in [0.2, 0.25) is 0 Å². The van der Waals surface area contributed by atoms with Crippen LogP contribution in [0.5, 0.6) is 0 Å². The van der Waals surface area contributed by atoms with Crippen molar-refractivity contribution < 1.29 is 8.42 Å². The lowest BCUT2D eigenvalue weighted by Gasteiger charge is -2.13. The van der Waals surface area contributed by atoms with Gasteiger partial charge in [-0.2, -0.15) is 0 Å². The Labute approximate surface area is 94.1 Å². The molecular formula is C10H24N2O2S. The van der Waals surface area contributed by atoms with Crippen LogP contribution in [0.25, 0.3) is 0 Å². The van der Waals surface area contributed by atoms with Crippen molar-refractivity contribution >= 4 is 10.0 Å². The van der Waals surface area contributed by atoms with E-state index in [-0.39, 0.29) is 5.75 Å². The van der Waals surface area contributed by atoms with Gasteiger partial charge < -0.3 is 5.32 Å². The van der Waals surface area contributed by atoms with Crippen LogP contribution in [0.15, 0.2) is 0 Å². The van der Waals surface area contributed by atoms with Crippen LogP contribution in [0.1, 0.15) is 26.7 Å². The fourth-order valence-electron chi connectivity index (χ4n) is 1.33. The molecule has 4 nitrogen and oxygen atoms in total. The number of hydrogen-bond donors (Lipinski definition) is 1. The molecule has 92 valence electrons. The third-order valence-corrected chi connectivity index (χ3v) is 4.20. The summed E-state index contributed by atoms with van der Waals surface area (Å²) in [4.78, 5) is 0. The number of hydrogen-bond acceptors (Lipinski definition) is 3. The minimum absolute atomic E-state index is 0.179. The van der Waals surface area contributed by atoms with E-state index in [4.69, 9.17) is 0 Å². The first-order valence-electron chi connectivity index (χ1n) is 5.51. The summed E-state index contributed by atoms with van der Waals surface area (Å²) in [5.74, 6) is 0.802. The van der Waals surface area contributed by atoms with Gasteiger partial charge in [-0.15, -0.1) is 0 Å². The van der Waals surface area contributed by atoms with Crippen LogP contribution in [-0.2, 0) is 10.0 Å². The molecule has 15 heavy (non-hydrogen) atoms. The molecule has 0 aromatic carbocycles. The highest BCUT2D eigenvalue weighted by Gasteiger charge is 2.12. The zero-order chi connectivity index (χ0) is 11.9. The fourth-order valence-corrected chi connectivity index (χ4v) is 2.09. The first-order valence-corrected chi connectivity index (χ1v) is 7.12. The Morgan fingerprint density at radius 1 is 1.33 bits per heavy atom. The standard InChI is InChI=1S/C10H24N2O2S/c1-5-6-10(2)9-11-7-8-15(13,14)12(3)4/h10-11H,5-9H2,1-4H3. The van der Waals surface area contributed by atoms with E-state index in [1.54, 1.807) is 14.1 Å². The van der Waals surface area contributed by atoms with Crippen molar-refractivity contribution in [3.63, 3.8) is 0 Å². The van der Waals surface area contributed by atoms with E-state index >= 15 is 0 Å². The molecule has 0 radical (unpaired) electrons. The molecule has 0 saturated carbocycles. The first kappa shape index (κ1) is 14.9. The number of nitrogens with zero attached hydrogens (tertiary/aromatic N) is 1. The predicted octanol–water partition coefficient (Wildman–Crippen LogP) is 0.904. The van der Waals surface area contributed by atoms with Crippen molar-refractivity contribution in [3.8, 4) is 0 Å². The topological polar surface area (TPSA) is 49.4 Å². The summed E-state index contributed by atoms with van der Waals surface area (Å²) < 4.78 is 24.0. The third kappa shape index (κ3) is 6.87. The van der Waals surface area contributed by atoms with Gasteiger partial charge in [0.25, 0.3) is 0 Å². The quantitative estimate of drug-likeness (QED) is 0.637. The molecule has 0 amide bonds. The Kier molecular flexibility index (Phi) is 7.13. The molecule has 0 heterocycles. The minimum atomic E-state index is -3.04. The molecule has 0 aromatic rings. The molecule has 0 bridgehead atoms. The molecule has 0 saturated heterocycles. The average molecular weight is 236 g/mol. The molecule has 0 aliphatic carbocycles. The van der Waals surface area contributed by atoms with E-state index in [1.807, 2.05) is 0 Å². The van der Waals surface area contributed by atoms with Crippen LogP contribution >= 0.6 is 0 Å². The average Bonchev–Trinajstić information content (AvgIpc) is 2.13. The smallest absolute Gasteiger partial charge is 0.214 e. The molecule has 5 heteroatoms. The molecule has 0 aliphatic rings. The van der Waals surface area contributed by atoms with Gasteiger partial charge in [-0.25, -0.2) is 12.7 Å². The summed E-state index contributed by atoms with van der Waals surface area (Å²) >= 11 is 0. The van der Waals surface area contributed by atoms with E-state index in [2.05, 4.69) is 19.2 Å². The summed E-state index contributed by atoms with van der Waals surface area (Å²) in [6.07, 6.45) is 2.37. The molecule has 0 aliphatic heterocycles.